The fourth-order valence-electron chi connectivity index (χ4n) is 3.40. The van der Waals surface area contributed by atoms with Crippen molar-refractivity contribution in [2.75, 3.05) is 7.05 Å². The maximum absolute atomic E-state index is 6.14. The molecule has 2 aliphatic rings. The molecule has 0 saturated carbocycles. The summed E-state index contributed by atoms with van der Waals surface area (Å²) in [5.41, 5.74) is 6.80. The van der Waals surface area contributed by atoms with E-state index in [2.05, 4.69) is 18.0 Å². The van der Waals surface area contributed by atoms with Crippen LogP contribution in [0.2, 0.25) is 0 Å². The zero-order valence-electron chi connectivity index (χ0n) is 11.8. The summed E-state index contributed by atoms with van der Waals surface area (Å²) >= 11 is 0. The van der Waals surface area contributed by atoms with E-state index in [0.29, 0.717) is 12.6 Å². The Kier molecular flexibility index (Phi) is 6.59. The number of ether oxygens (including phenoxy) is 1. The van der Waals surface area contributed by atoms with Crippen molar-refractivity contribution in [2.45, 2.75) is 50.4 Å². The third-order valence-electron chi connectivity index (χ3n) is 4.49. The quantitative estimate of drug-likeness (QED) is 0.931. The predicted molar refractivity (Wildman–Crippen MR) is 87.1 cm³/mol. The number of fused-ring (bicyclic) bond motifs is 2. The third-order valence-corrected chi connectivity index (χ3v) is 4.49. The molecule has 2 fully saturated rings. The first-order chi connectivity index (χ1) is 8.76. The number of hydrogen-bond acceptors (Lipinski definition) is 3. The van der Waals surface area contributed by atoms with Gasteiger partial charge in [0.25, 0.3) is 0 Å². The number of rotatable bonds is 3. The van der Waals surface area contributed by atoms with Gasteiger partial charge in [-0.05, 0) is 50.4 Å². The molecule has 2 aliphatic heterocycles. The molecule has 0 aliphatic carbocycles. The van der Waals surface area contributed by atoms with E-state index >= 15 is 0 Å². The molecule has 2 bridgehead atoms. The van der Waals surface area contributed by atoms with E-state index in [-0.39, 0.29) is 24.8 Å². The van der Waals surface area contributed by atoms with Crippen molar-refractivity contribution in [3.05, 3.63) is 29.8 Å². The fraction of sp³-hybridized carbons (Fsp3) is 0.600. The minimum atomic E-state index is 0. The number of nitrogens with zero attached hydrogens (tertiary/aromatic N) is 1. The summed E-state index contributed by atoms with van der Waals surface area (Å²) in [5.74, 6) is 0.979. The van der Waals surface area contributed by atoms with Crippen molar-refractivity contribution in [3.8, 4) is 5.75 Å². The van der Waals surface area contributed by atoms with Gasteiger partial charge in [-0.25, -0.2) is 0 Å². The van der Waals surface area contributed by atoms with Gasteiger partial charge in [-0.2, -0.15) is 0 Å². The van der Waals surface area contributed by atoms with Crippen molar-refractivity contribution in [2.24, 2.45) is 5.73 Å². The predicted octanol–water partition coefficient (Wildman–Crippen LogP) is 2.99. The SMILES string of the molecule is CN1[C@@H]2CC[C@H]1C[C@H](Oc1cccc(CN)c1)C2.Cl.Cl. The van der Waals surface area contributed by atoms with Gasteiger partial charge in [-0.1, -0.05) is 12.1 Å². The first-order valence-corrected chi connectivity index (χ1v) is 6.94. The summed E-state index contributed by atoms with van der Waals surface area (Å²) < 4.78 is 6.14. The summed E-state index contributed by atoms with van der Waals surface area (Å²) in [7, 11) is 2.26. The first-order valence-electron chi connectivity index (χ1n) is 6.94. The zero-order chi connectivity index (χ0) is 12.5. The molecule has 0 radical (unpaired) electrons. The van der Waals surface area contributed by atoms with E-state index in [4.69, 9.17) is 10.5 Å². The number of piperidine rings is 1. The van der Waals surface area contributed by atoms with Gasteiger partial charge in [0.05, 0.1) is 0 Å². The highest BCUT2D eigenvalue weighted by Gasteiger charge is 2.39. The maximum atomic E-state index is 6.14. The van der Waals surface area contributed by atoms with Crippen molar-refractivity contribution in [3.63, 3.8) is 0 Å². The van der Waals surface area contributed by atoms with E-state index in [1.165, 1.54) is 25.7 Å². The van der Waals surface area contributed by atoms with Gasteiger partial charge in [0, 0.05) is 18.6 Å². The van der Waals surface area contributed by atoms with Gasteiger partial charge < -0.3 is 15.4 Å². The second-order valence-corrected chi connectivity index (χ2v) is 5.61. The smallest absolute Gasteiger partial charge is 0.120 e. The van der Waals surface area contributed by atoms with Gasteiger partial charge in [0.2, 0.25) is 0 Å². The molecule has 1 aromatic rings. The highest BCUT2D eigenvalue weighted by molar-refractivity contribution is 5.85. The van der Waals surface area contributed by atoms with Gasteiger partial charge in [-0.3, -0.25) is 0 Å². The van der Waals surface area contributed by atoms with E-state index < -0.39 is 0 Å². The van der Waals surface area contributed by atoms with Crippen LogP contribution in [-0.2, 0) is 6.54 Å². The Hall–Kier alpha value is -0.480. The average Bonchev–Trinajstić information content (AvgIpc) is 2.62. The molecule has 0 amide bonds. The van der Waals surface area contributed by atoms with Crippen molar-refractivity contribution < 1.29 is 4.74 Å². The summed E-state index contributed by atoms with van der Waals surface area (Å²) in [5, 5.41) is 0. The fourth-order valence-corrected chi connectivity index (χ4v) is 3.40. The Labute approximate surface area is 133 Å². The summed E-state index contributed by atoms with van der Waals surface area (Å²) in [6.45, 7) is 0.579. The molecule has 2 saturated heterocycles. The first kappa shape index (κ1) is 17.6. The molecular formula is C15H24Cl2N2O. The largest absolute Gasteiger partial charge is 0.490 e. The van der Waals surface area contributed by atoms with E-state index in [1.807, 2.05) is 18.2 Å². The molecule has 3 rings (SSSR count). The second-order valence-electron chi connectivity index (χ2n) is 5.61. The lowest BCUT2D eigenvalue weighted by Crippen LogP contribution is -2.43. The number of halogens is 2. The Bertz CT molecular complexity index is 416. The Morgan fingerprint density at radius 2 is 1.85 bits per heavy atom. The lowest BCUT2D eigenvalue weighted by Gasteiger charge is -2.36. The van der Waals surface area contributed by atoms with Crippen LogP contribution in [0.4, 0.5) is 0 Å². The van der Waals surface area contributed by atoms with E-state index in [1.54, 1.807) is 0 Å². The standard InChI is InChI=1S/C15H22N2O.2ClH/c1-17-12-5-6-13(17)9-15(8-12)18-14-4-2-3-11(7-14)10-16;;/h2-4,7,12-13,15H,5-6,8-10,16H2,1H3;2*1H/t12-,13+,15-;;. The molecule has 20 heavy (non-hydrogen) atoms. The molecule has 5 heteroatoms. The molecule has 0 spiro atoms. The van der Waals surface area contributed by atoms with Crippen LogP contribution in [0.3, 0.4) is 0 Å². The zero-order valence-corrected chi connectivity index (χ0v) is 13.5. The summed E-state index contributed by atoms with van der Waals surface area (Å²) in [4.78, 5) is 2.54. The van der Waals surface area contributed by atoms with Gasteiger partial charge in [0.1, 0.15) is 11.9 Å². The number of benzene rings is 1. The van der Waals surface area contributed by atoms with Gasteiger partial charge in [0.15, 0.2) is 0 Å². The lowest BCUT2D eigenvalue weighted by molar-refractivity contribution is 0.0661. The van der Waals surface area contributed by atoms with Crippen LogP contribution in [-0.4, -0.2) is 30.1 Å². The van der Waals surface area contributed by atoms with Crippen LogP contribution < -0.4 is 10.5 Å². The maximum Gasteiger partial charge on any atom is 0.120 e. The molecule has 0 aromatic heterocycles. The van der Waals surface area contributed by atoms with Crippen LogP contribution in [0.25, 0.3) is 0 Å². The molecular weight excluding hydrogens is 295 g/mol. The minimum Gasteiger partial charge on any atom is -0.490 e. The van der Waals surface area contributed by atoms with Crippen LogP contribution >= 0.6 is 24.8 Å². The summed E-state index contributed by atoms with van der Waals surface area (Å²) in [6, 6.07) is 9.64. The third kappa shape index (κ3) is 3.59. The van der Waals surface area contributed by atoms with E-state index in [9.17, 15) is 0 Å². The molecule has 3 nitrogen and oxygen atoms in total. The monoisotopic (exact) mass is 318 g/mol. The Morgan fingerprint density at radius 1 is 1.20 bits per heavy atom. The normalized spacial score (nSPS) is 28.4. The second kappa shape index (κ2) is 7.51. The lowest BCUT2D eigenvalue weighted by atomic mass is 10.0. The number of nitrogens with two attached hydrogens (primary N) is 1. The molecule has 2 heterocycles. The van der Waals surface area contributed by atoms with Crippen molar-refractivity contribution >= 4 is 24.8 Å². The Balaban J connectivity index is 0.000001000. The Morgan fingerprint density at radius 3 is 2.45 bits per heavy atom. The van der Waals surface area contributed by atoms with Crippen molar-refractivity contribution in [1.82, 2.24) is 4.90 Å². The highest BCUT2D eigenvalue weighted by Crippen LogP contribution is 2.35. The van der Waals surface area contributed by atoms with Gasteiger partial charge >= 0.3 is 0 Å². The number of hydrogen-bond donors (Lipinski definition) is 1. The molecule has 2 N–H and O–H groups in total. The van der Waals surface area contributed by atoms with Crippen LogP contribution in [0.1, 0.15) is 31.2 Å². The average molecular weight is 319 g/mol. The van der Waals surface area contributed by atoms with Gasteiger partial charge in [-0.15, -0.1) is 24.8 Å². The van der Waals surface area contributed by atoms with Crippen LogP contribution in [0.15, 0.2) is 24.3 Å². The minimum absolute atomic E-state index is 0. The molecule has 0 unspecified atom stereocenters. The van der Waals surface area contributed by atoms with Crippen LogP contribution in [0.5, 0.6) is 5.75 Å². The van der Waals surface area contributed by atoms with E-state index in [0.717, 1.165) is 23.4 Å². The molecule has 1 aromatic carbocycles. The molecule has 3 atom stereocenters. The summed E-state index contributed by atoms with van der Waals surface area (Å²) in [6.07, 6.45) is 5.39. The highest BCUT2D eigenvalue weighted by atomic mass is 35.5. The van der Waals surface area contributed by atoms with Crippen molar-refractivity contribution in [1.29, 1.82) is 0 Å². The topological polar surface area (TPSA) is 38.5 Å². The molecule has 114 valence electrons. The van der Waals surface area contributed by atoms with Crippen LogP contribution in [0, 0.1) is 0 Å².